The van der Waals surface area contributed by atoms with Crippen molar-refractivity contribution in [3.05, 3.63) is 35.4 Å². The number of esters is 1. The second-order valence-corrected chi connectivity index (χ2v) is 5.60. The lowest BCUT2D eigenvalue weighted by Gasteiger charge is -2.27. The summed E-state index contributed by atoms with van der Waals surface area (Å²) in [5.74, 6) is -0.235. The molecule has 0 saturated heterocycles. The van der Waals surface area contributed by atoms with Crippen molar-refractivity contribution in [1.29, 1.82) is 0 Å². The van der Waals surface area contributed by atoms with Crippen LogP contribution in [0.2, 0.25) is 0 Å². The highest BCUT2D eigenvalue weighted by Gasteiger charge is 2.36. The van der Waals surface area contributed by atoms with Crippen molar-refractivity contribution in [2.75, 3.05) is 6.54 Å². The fourth-order valence-electron chi connectivity index (χ4n) is 2.81. The van der Waals surface area contributed by atoms with E-state index in [-0.39, 0.29) is 17.6 Å². The number of benzene rings is 1. The van der Waals surface area contributed by atoms with Gasteiger partial charge < -0.3 is 16.2 Å². The van der Waals surface area contributed by atoms with Gasteiger partial charge in [-0.3, -0.25) is 0 Å². The third-order valence-corrected chi connectivity index (χ3v) is 4.30. The van der Waals surface area contributed by atoms with E-state index in [0.717, 1.165) is 37.7 Å². The lowest BCUT2D eigenvalue weighted by Crippen LogP contribution is -2.31. The number of ether oxygens (including phenoxy) is 1. The quantitative estimate of drug-likeness (QED) is 0.810. The van der Waals surface area contributed by atoms with Gasteiger partial charge in [-0.1, -0.05) is 19.1 Å². The van der Waals surface area contributed by atoms with Crippen LogP contribution in [0, 0.1) is 0 Å². The van der Waals surface area contributed by atoms with Crippen molar-refractivity contribution < 1.29 is 9.53 Å². The van der Waals surface area contributed by atoms with E-state index in [4.69, 9.17) is 16.2 Å². The molecule has 0 aromatic heterocycles. The number of nitrogens with two attached hydrogens (primary N) is 2. The van der Waals surface area contributed by atoms with E-state index in [2.05, 4.69) is 6.92 Å². The summed E-state index contributed by atoms with van der Waals surface area (Å²) in [5.41, 5.74) is 12.7. The van der Waals surface area contributed by atoms with E-state index in [1.165, 1.54) is 0 Å². The Morgan fingerprint density at radius 2 is 1.90 bits per heavy atom. The van der Waals surface area contributed by atoms with Gasteiger partial charge in [0.1, 0.15) is 5.60 Å². The minimum Gasteiger partial charge on any atom is -0.455 e. The first-order chi connectivity index (χ1) is 9.60. The van der Waals surface area contributed by atoms with Crippen molar-refractivity contribution in [2.24, 2.45) is 11.5 Å². The zero-order chi connectivity index (χ0) is 14.6. The molecule has 0 amide bonds. The minimum atomic E-state index is -0.247. The van der Waals surface area contributed by atoms with E-state index in [1.54, 1.807) is 12.1 Å². The number of carbonyl (C=O) groups excluding carboxylic acids is 1. The van der Waals surface area contributed by atoms with Gasteiger partial charge in [-0.2, -0.15) is 0 Å². The largest absolute Gasteiger partial charge is 0.455 e. The molecule has 0 spiro atoms. The van der Waals surface area contributed by atoms with Gasteiger partial charge in [0.15, 0.2) is 0 Å². The summed E-state index contributed by atoms with van der Waals surface area (Å²) in [6.45, 7) is 2.48. The second kappa shape index (κ2) is 6.37. The van der Waals surface area contributed by atoms with Crippen molar-refractivity contribution in [1.82, 2.24) is 0 Å². The highest BCUT2D eigenvalue weighted by Crippen LogP contribution is 2.36. The molecule has 0 bridgehead atoms. The normalized spacial score (nSPS) is 18.8. The second-order valence-electron chi connectivity index (χ2n) is 5.60. The first kappa shape index (κ1) is 15.0. The molecule has 0 heterocycles. The topological polar surface area (TPSA) is 78.3 Å². The van der Waals surface area contributed by atoms with Crippen LogP contribution in [-0.4, -0.2) is 18.1 Å². The molecule has 0 radical (unpaired) electrons. The predicted molar refractivity (Wildman–Crippen MR) is 79.3 cm³/mol. The zero-order valence-electron chi connectivity index (χ0n) is 12.1. The molecule has 20 heavy (non-hydrogen) atoms. The fraction of sp³-hybridized carbons (Fsp3) is 0.562. The maximum atomic E-state index is 12.2. The summed E-state index contributed by atoms with van der Waals surface area (Å²) in [6.07, 6.45) is 5.13. The average Bonchev–Trinajstić information content (AvgIpc) is 2.95. The monoisotopic (exact) mass is 276 g/mol. The van der Waals surface area contributed by atoms with Crippen molar-refractivity contribution in [3.63, 3.8) is 0 Å². The van der Waals surface area contributed by atoms with Gasteiger partial charge in [-0.25, -0.2) is 4.79 Å². The molecule has 1 aromatic carbocycles. The van der Waals surface area contributed by atoms with Gasteiger partial charge in [-0.05, 0) is 49.8 Å². The first-order valence-electron chi connectivity index (χ1n) is 7.39. The number of rotatable bonds is 5. The van der Waals surface area contributed by atoms with Crippen molar-refractivity contribution in [3.8, 4) is 0 Å². The Kier molecular flexibility index (Phi) is 4.78. The van der Waals surface area contributed by atoms with E-state index in [0.29, 0.717) is 12.1 Å². The molecule has 0 aliphatic heterocycles. The number of hydrogen-bond acceptors (Lipinski definition) is 4. The fourth-order valence-corrected chi connectivity index (χ4v) is 2.81. The maximum absolute atomic E-state index is 12.2. The lowest BCUT2D eigenvalue weighted by molar-refractivity contribution is -0.0172. The summed E-state index contributed by atoms with van der Waals surface area (Å²) in [5, 5.41) is 0. The summed E-state index contributed by atoms with van der Waals surface area (Å²) in [4.78, 5) is 12.2. The summed E-state index contributed by atoms with van der Waals surface area (Å²) >= 11 is 0. The van der Waals surface area contributed by atoms with Crippen LogP contribution in [0.3, 0.4) is 0 Å². The molecule has 2 rings (SSSR count). The molecule has 4 nitrogen and oxygen atoms in total. The SMILES string of the molecule is CCC1(OC(=O)c2ccc(C(N)CN)cc2)CCCC1. The predicted octanol–water partition coefficient (Wildman–Crippen LogP) is 2.52. The van der Waals surface area contributed by atoms with Gasteiger partial charge in [0, 0.05) is 12.6 Å². The molecule has 110 valence electrons. The summed E-state index contributed by atoms with van der Waals surface area (Å²) in [6, 6.07) is 7.05. The Bertz CT molecular complexity index is 450. The Hall–Kier alpha value is -1.39. The third kappa shape index (κ3) is 3.19. The van der Waals surface area contributed by atoms with Crippen molar-refractivity contribution in [2.45, 2.75) is 50.7 Å². The molecule has 1 saturated carbocycles. The molecule has 1 aliphatic carbocycles. The van der Waals surface area contributed by atoms with Crippen LogP contribution in [0.15, 0.2) is 24.3 Å². The molecule has 1 unspecified atom stereocenters. The van der Waals surface area contributed by atoms with Crippen LogP contribution in [-0.2, 0) is 4.74 Å². The van der Waals surface area contributed by atoms with E-state index in [1.807, 2.05) is 12.1 Å². The molecule has 1 fully saturated rings. The Balaban J connectivity index is 2.05. The number of carbonyl (C=O) groups is 1. The van der Waals surface area contributed by atoms with Gasteiger partial charge in [0.05, 0.1) is 5.56 Å². The molecule has 1 aromatic rings. The standard InChI is InChI=1S/C16H24N2O2/c1-2-16(9-3-4-10-16)20-15(19)13-7-5-12(6-8-13)14(18)11-17/h5-8,14H,2-4,9-11,17-18H2,1H3. The highest BCUT2D eigenvalue weighted by atomic mass is 16.6. The smallest absolute Gasteiger partial charge is 0.338 e. The lowest BCUT2D eigenvalue weighted by atomic mass is 9.98. The molecular formula is C16H24N2O2. The Morgan fingerprint density at radius 3 is 2.40 bits per heavy atom. The molecule has 1 aliphatic rings. The van der Waals surface area contributed by atoms with Crippen LogP contribution in [0.5, 0.6) is 0 Å². The molecule has 4 N–H and O–H groups in total. The van der Waals surface area contributed by atoms with Crippen LogP contribution < -0.4 is 11.5 Å². The average molecular weight is 276 g/mol. The Labute approximate surface area is 120 Å². The van der Waals surface area contributed by atoms with Gasteiger partial charge >= 0.3 is 5.97 Å². The summed E-state index contributed by atoms with van der Waals surface area (Å²) in [7, 11) is 0. The van der Waals surface area contributed by atoms with Crippen LogP contribution >= 0.6 is 0 Å². The van der Waals surface area contributed by atoms with E-state index < -0.39 is 0 Å². The maximum Gasteiger partial charge on any atom is 0.338 e. The van der Waals surface area contributed by atoms with E-state index >= 15 is 0 Å². The van der Waals surface area contributed by atoms with Gasteiger partial charge in [0.2, 0.25) is 0 Å². The molecule has 4 heteroatoms. The van der Waals surface area contributed by atoms with Crippen LogP contribution in [0.1, 0.15) is 61.0 Å². The van der Waals surface area contributed by atoms with Crippen molar-refractivity contribution >= 4 is 5.97 Å². The highest BCUT2D eigenvalue weighted by molar-refractivity contribution is 5.89. The van der Waals surface area contributed by atoms with E-state index in [9.17, 15) is 4.79 Å². The first-order valence-corrected chi connectivity index (χ1v) is 7.39. The molecule has 1 atom stereocenters. The van der Waals surface area contributed by atoms with Gasteiger partial charge in [0.25, 0.3) is 0 Å². The minimum absolute atomic E-state index is 0.183. The third-order valence-electron chi connectivity index (χ3n) is 4.30. The Morgan fingerprint density at radius 1 is 1.30 bits per heavy atom. The number of hydrogen-bond donors (Lipinski definition) is 2. The summed E-state index contributed by atoms with van der Waals surface area (Å²) < 4.78 is 5.77. The van der Waals surface area contributed by atoms with Crippen LogP contribution in [0.4, 0.5) is 0 Å². The molecular weight excluding hydrogens is 252 g/mol. The van der Waals surface area contributed by atoms with Crippen LogP contribution in [0.25, 0.3) is 0 Å². The zero-order valence-corrected chi connectivity index (χ0v) is 12.1. The van der Waals surface area contributed by atoms with Gasteiger partial charge in [-0.15, -0.1) is 0 Å².